The maximum absolute atomic E-state index is 12.4. The maximum Gasteiger partial charge on any atom is 0.341 e. The summed E-state index contributed by atoms with van der Waals surface area (Å²) in [6.07, 6.45) is 1.84. The molecular weight excluding hydrogens is 348 g/mol. The Morgan fingerprint density at radius 2 is 2.10 bits per heavy atom. The van der Waals surface area contributed by atoms with Crippen molar-refractivity contribution in [2.24, 2.45) is 0 Å². The molecule has 0 saturated heterocycles. The molecule has 1 rings (SSSR count). The summed E-state index contributed by atoms with van der Waals surface area (Å²) >= 11 is 9.06. The first-order valence-corrected chi connectivity index (χ1v) is 7.15. The minimum absolute atomic E-state index is 0.0242. The molecule has 7 heteroatoms. The van der Waals surface area contributed by atoms with Gasteiger partial charge in [0.05, 0.1) is 5.56 Å². The van der Waals surface area contributed by atoms with E-state index in [2.05, 4.69) is 26.2 Å². The second-order valence-corrected chi connectivity index (χ2v) is 5.14. The van der Waals surface area contributed by atoms with Crippen LogP contribution >= 0.6 is 27.5 Å². The van der Waals surface area contributed by atoms with Crippen molar-refractivity contribution in [2.45, 2.75) is 20.3 Å². The standard InChI is InChI=1S/C13H14BrClN2O3/c1-3-9(16-4-2)10(13(19)20)11(18)8-5-7(14)6-17-12(8)15/h5-6,16H,3-4H2,1-2H3,(H,19,20)/b10-9-. The molecule has 5 nitrogen and oxygen atoms in total. The molecule has 0 aliphatic heterocycles. The van der Waals surface area contributed by atoms with E-state index in [1.807, 2.05) is 6.92 Å². The van der Waals surface area contributed by atoms with Crippen LogP contribution in [0.4, 0.5) is 0 Å². The normalized spacial score (nSPS) is 11.8. The molecule has 1 aromatic heterocycles. The third-order valence-electron chi connectivity index (χ3n) is 2.54. The number of carboxylic acid groups (broad SMARTS) is 1. The van der Waals surface area contributed by atoms with Gasteiger partial charge in [0.2, 0.25) is 5.78 Å². The fourth-order valence-electron chi connectivity index (χ4n) is 1.68. The Balaban J connectivity index is 3.39. The molecule has 2 N–H and O–H groups in total. The lowest BCUT2D eigenvalue weighted by Crippen LogP contribution is -2.23. The van der Waals surface area contributed by atoms with Gasteiger partial charge in [-0.05, 0) is 35.3 Å². The Labute approximate surface area is 130 Å². The molecule has 0 aromatic carbocycles. The first-order chi connectivity index (χ1) is 9.42. The van der Waals surface area contributed by atoms with Gasteiger partial charge < -0.3 is 10.4 Å². The molecule has 1 aromatic rings. The zero-order chi connectivity index (χ0) is 15.3. The topological polar surface area (TPSA) is 79.3 Å². The van der Waals surface area contributed by atoms with E-state index in [-0.39, 0.29) is 16.3 Å². The largest absolute Gasteiger partial charge is 0.477 e. The number of ketones is 1. The Kier molecular flexibility index (Phi) is 6.16. The molecule has 0 radical (unpaired) electrons. The zero-order valence-corrected chi connectivity index (χ0v) is 13.4. The van der Waals surface area contributed by atoms with Crippen molar-refractivity contribution >= 4 is 39.3 Å². The van der Waals surface area contributed by atoms with E-state index in [1.54, 1.807) is 6.92 Å². The van der Waals surface area contributed by atoms with Gasteiger partial charge in [-0.25, -0.2) is 9.78 Å². The molecule has 0 saturated carbocycles. The number of aromatic nitrogens is 1. The number of Topliss-reactive ketones (excluding diaryl/α,β-unsaturated/α-hetero) is 1. The summed E-state index contributed by atoms with van der Waals surface area (Å²) in [6, 6.07) is 1.46. The Morgan fingerprint density at radius 3 is 2.60 bits per heavy atom. The van der Waals surface area contributed by atoms with Crippen LogP contribution in [-0.4, -0.2) is 28.4 Å². The Hall–Kier alpha value is -1.40. The minimum atomic E-state index is -1.29. The number of nitrogens with one attached hydrogen (secondary N) is 1. The van der Waals surface area contributed by atoms with Crippen LogP contribution in [0, 0.1) is 0 Å². The first-order valence-electron chi connectivity index (χ1n) is 5.98. The molecule has 0 spiro atoms. The van der Waals surface area contributed by atoms with Gasteiger partial charge in [-0.1, -0.05) is 18.5 Å². The van der Waals surface area contributed by atoms with Crippen LogP contribution in [0.25, 0.3) is 0 Å². The van der Waals surface area contributed by atoms with Gasteiger partial charge in [0.1, 0.15) is 10.7 Å². The van der Waals surface area contributed by atoms with E-state index in [9.17, 15) is 14.7 Å². The highest BCUT2D eigenvalue weighted by atomic mass is 79.9. The van der Waals surface area contributed by atoms with Crippen molar-refractivity contribution in [1.29, 1.82) is 0 Å². The summed E-state index contributed by atoms with van der Waals surface area (Å²) in [7, 11) is 0. The Morgan fingerprint density at radius 1 is 1.45 bits per heavy atom. The van der Waals surface area contributed by atoms with Gasteiger partial charge in [-0.2, -0.15) is 0 Å². The smallest absolute Gasteiger partial charge is 0.341 e. The van der Waals surface area contributed by atoms with E-state index in [0.717, 1.165) is 0 Å². The monoisotopic (exact) mass is 360 g/mol. The number of carboxylic acids is 1. The third-order valence-corrected chi connectivity index (χ3v) is 3.27. The molecule has 0 bridgehead atoms. The van der Waals surface area contributed by atoms with Gasteiger partial charge in [0.25, 0.3) is 0 Å². The highest BCUT2D eigenvalue weighted by molar-refractivity contribution is 9.10. The molecule has 0 aliphatic rings. The van der Waals surface area contributed by atoms with Crippen LogP contribution in [0.1, 0.15) is 30.6 Å². The van der Waals surface area contributed by atoms with Crippen LogP contribution < -0.4 is 5.32 Å². The predicted octanol–water partition coefficient (Wildman–Crippen LogP) is 3.04. The highest BCUT2D eigenvalue weighted by Gasteiger charge is 2.25. The Bertz CT molecular complexity index is 573. The molecule has 1 heterocycles. The summed E-state index contributed by atoms with van der Waals surface area (Å²) in [4.78, 5) is 27.6. The van der Waals surface area contributed by atoms with Crippen LogP contribution in [0.2, 0.25) is 5.15 Å². The number of halogens is 2. The van der Waals surface area contributed by atoms with Gasteiger partial charge >= 0.3 is 5.97 Å². The maximum atomic E-state index is 12.4. The highest BCUT2D eigenvalue weighted by Crippen LogP contribution is 2.22. The van der Waals surface area contributed by atoms with Crippen molar-refractivity contribution < 1.29 is 14.7 Å². The number of allylic oxidation sites excluding steroid dienone is 1. The fourth-order valence-corrected chi connectivity index (χ4v) is 2.20. The molecule has 20 heavy (non-hydrogen) atoms. The number of carbonyl (C=O) groups is 2. The molecule has 0 amide bonds. The SMILES string of the molecule is CCN/C(CC)=C(\C(=O)O)C(=O)c1cc(Br)cnc1Cl. The van der Waals surface area contributed by atoms with Crippen molar-refractivity contribution in [2.75, 3.05) is 6.54 Å². The van der Waals surface area contributed by atoms with E-state index in [1.165, 1.54) is 12.3 Å². The van der Waals surface area contributed by atoms with E-state index < -0.39 is 11.8 Å². The molecule has 0 aliphatic carbocycles. The number of aliphatic carboxylic acids is 1. The summed E-state index contributed by atoms with van der Waals surface area (Å²) in [5, 5.41) is 12.2. The summed E-state index contributed by atoms with van der Waals surface area (Å²) in [6.45, 7) is 4.12. The van der Waals surface area contributed by atoms with E-state index >= 15 is 0 Å². The van der Waals surface area contributed by atoms with Gasteiger partial charge in [-0.3, -0.25) is 4.79 Å². The molecule has 108 valence electrons. The zero-order valence-electron chi connectivity index (χ0n) is 11.0. The quantitative estimate of drug-likeness (QED) is 0.268. The van der Waals surface area contributed by atoms with Gasteiger partial charge in [0.15, 0.2) is 0 Å². The van der Waals surface area contributed by atoms with Crippen LogP contribution in [0.3, 0.4) is 0 Å². The number of rotatable bonds is 6. The average molecular weight is 362 g/mol. The lowest BCUT2D eigenvalue weighted by atomic mass is 10.0. The van der Waals surface area contributed by atoms with Crippen molar-refractivity contribution in [3.63, 3.8) is 0 Å². The summed E-state index contributed by atoms with van der Waals surface area (Å²) < 4.78 is 0.552. The lowest BCUT2D eigenvalue weighted by molar-refractivity contribution is -0.132. The van der Waals surface area contributed by atoms with Crippen LogP contribution in [0.5, 0.6) is 0 Å². The van der Waals surface area contributed by atoms with Crippen molar-refractivity contribution in [3.8, 4) is 0 Å². The molecular formula is C13H14BrClN2O3. The molecule has 0 unspecified atom stereocenters. The number of hydrogen-bond donors (Lipinski definition) is 2. The number of carbonyl (C=O) groups excluding carboxylic acids is 1. The number of hydrogen-bond acceptors (Lipinski definition) is 4. The first kappa shape index (κ1) is 16.7. The van der Waals surface area contributed by atoms with E-state index in [4.69, 9.17) is 11.6 Å². The van der Waals surface area contributed by atoms with Gasteiger partial charge in [0, 0.05) is 22.9 Å². The minimum Gasteiger partial charge on any atom is -0.477 e. The fraction of sp³-hybridized carbons (Fsp3) is 0.308. The van der Waals surface area contributed by atoms with Crippen molar-refractivity contribution in [1.82, 2.24) is 10.3 Å². The van der Waals surface area contributed by atoms with Crippen LogP contribution in [0.15, 0.2) is 28.0 Å². The second-order valence-electron chi connectivity index (χ2n) is 3.86. The molecule has 0 atom stereocenters. The number of pyridine rings is 1. The summed E-state index contributed by atoms with van der Waals surface area (Å²) in [5.74, 6) is -1.95. The molecule has 0 fully saturated rings. The van der Waals surface area contributed by atoms with E-state index in [0.29, 0.717) is 23.1 Å². The lowest BCUT2D eigenvalue weighted by Gasteiger charge is -2.12. The third kappa shape index (κ3) is 3.80. The predicted molar refractivity (Wildman–Crippen MR) is 79.9 cm³/mol. The summed E-state index contributed by atoms with van der Waals surface area (Å²) in [5.41, 5.74) is 0.125. The average Bonchev–Trinajstić information content (AvgIpc) is 2.40. The van der Waals surface area contributed by atoms with Crippen LogP contribution in [-0.2, 0) is 4.79 Å². The second kappa shape index (κ2) is 7.40. The number of nitrogens with zero attached hydrogens (tertiary/aromatic N) is 1. The van der Waals surface area contributed by atoms with Gasteiger partial charge in [-0.15, -0.1) is 0 Å². The van der Waals surface area contributed by atoms with Crippen molar-refractivity contribution in [3.05, 3.63) is 38.7 Å².